The Morgan fingerprint density at radius 2 is 1.75 bits per heavy atom. The molecule has 1 aliphatic carbocycles. The smallest absolute Gasteiger partial charge is 0.252 e. The minimum absolute atomic E-state index is 0.153. The van der Waals surface area contributed by atoms with E-state index < -0.39 is 17.0 Å². The first-order valence-electron chi connectivity index (χ1n) is 13.0. The van der Waals surface area contributed by atoms with Crippen molar-refractivity contribution in [3.63, 3.8) is 0 Å². The Hall–Kier alpha value is -2.16. The van der Waals surface area contributed by atoms with Crippen LogP contribution in [0.5, 0.6) is 0 Å². The largest absolute Gasteiger partial charge is 0.383 e. The van der Waals surface area contributed by atoms with Crippen LogP contribution in [0.25, 0.3) is 0 Å². The first-order valence-corrected chi connectivity index (χ1v) is 14.7. The number of aliphatic hydroxyl groups is 1. The van der Waals surface area contributed by atoms with Crippen LogP contribution >= 0.6 is 46.4 Å². The van der Waals surface area contributed by atoms with E-state index in [2.05, 4.69) is 22.3 Å². The number of amides is 1. The summed E-state index contributed by atoms with van der Waals surface area (Å²) in [6.45, 7) is 7.74. The molecule has 11 heteroatoms. The Labute approximate surface area is 255 Å². The second-order valence-electron chi connectivity index (χ2n) is 10.4. The number of benzene rings is 2. The fourth-order valence-corrected chi connectivity index (χ4v) is 5.29. The van der Waals surface area contributed by atoms with Gasteiger partial charge in [-0.3, -0.25) is 9.59 Å². The lowest BCUT2D eigenvalue weighted by atomic mass is 9.79. The van der Waals surface area contributed by atoms with E-state index in [0.29, 0.717) is 45.1 Å². The summed E-state index contributed by atoms with van der Waals surface area (Å²) in [5.41, 5.74) is -0.0355. The summed E-state index contributed by atoms with van der Waals surface area (Å²) >= 11 is 23.5. The molecule has 0 spiro atoms. The molecule has 0 bridgehead atoms. The van der Waals surface area contributed by atoms with Gasteiger partial charge in [-0.1, -0.05) is 60.8 Å². The SMILES string of the molecule is CC(C1CC1)C(O)(Cn1cncn1)c1ccc(Cl)cc1.CCC(C)(NC(=O)c1cc(Cl)c(C)c(Cl)c1)C(=O)CCl. The monoisotopic (exact) mass is 626 g/mol. The molecular formula is C29H34Cl4N4O3. The standard InChI is InChI=1S/C15H18ClN3O.C14H16Cl3NO2/c1-11(12-2-3-12)15(20,8-19-10-17-9-18-19)13-4-6-14(16)7-5-13;1-4-14(3,12(19)7-15)18-13(20)9-5-10(16)8(2)11(17)6-9/h4-7,9-12,20H,2-3,8H2,1H3;5-6H,4,7H2,1-3H3,(H,18,20). The summed E-state index contributed by atoms with van der Waals surface area (Å²) in [5.74, 6) is -0.0388. The maximum absolute atomic E-state index is 12.2. The molecule has 1 saturated carbocycles. The highest BCUT2D eigenvalue weighted by atomic mass is 35.5. The zero-order chi connectivity index (χ0) is 29.7. The van der Waals surface area contributed by atoms with Gasteiger partial charge in [0.1, 0.15) is 18.3 Å². The van der Waals surface area contributed by atoms with Crippen molar-refractivity contribution >= 4 is 58.1 Å². The van der Waals surface area contributed by atoms with Crippen LogP contribution in [0.1, 0.15) is 61.5 Å². The van der Waals surface area contributed by atoms with Gasteiger partial charge in [0.2, 0.25) is 0 Å². The Morgan fingerprint density at radius 3 is 2.23 bits per heavy atom. The number of alkyl halides is 1. The summed E-state index contributed by atoms with van der Waals surface area (Å²) in [4.78, 5) is 28.0. The molecule has 216 valence electrons. The van der Waals surface area contributed by atoms with Gasteiger partial charge < -0.3 is 10.4 Å². The van der Waals surface area contributed by atoms with Gasteiger partial charge in [0, 0.05) is 20.6 Å². The average Bonchev–Trinajstić information content (AvgIpc) is 3.67. The minimum Gasteiger partial charge on any atom is -0.383 e. The highest BCUT2D eigenvalue weighted by molar-refractivity contribution is 6.36. The van der Waals surface area contributed by atoms with Crippen molar-refractivity contribution < 1.29 is 14.7 Å². The van der Waals surface area contributed by atoms with Crippen molar-refractivity contribution in [3.8, 4) is 0 Å². The molecule has 3 aromatic rings. The molecule has 4 rings (SSSR count). The molecule has 1 amide bonds. The van der Waals surface area contributed by atoms with E-state index in [1.165, 1.54) is 31.3 Å². The summed E-state index contributed by atoms with van der Waals surface area (Å²) in [6, 6.07) is 10.5. The third-order valence-electron chi connectivity index (χ3n) is 7.67. The Balaban J connectivity index is 0.000000220. The van der Waals surface area contributed by atoms with E-state index in [1.807, 2.05) is 24.3 Å². The van der Waals surface area contributed by atoms with Crippen molar-refractivity contribution in [2.75, 3.05) is 5.88 Å². The Bertz CT molecular complexity index is 1290. The quantitative estimate of drug-likeness (QED) is 0.239. The molecule has 3 unspecified atom stereocenters. The van der Waals surface area contributed by atoms with Crippen molar-refractivity contribution in [1.29, 1.82) is 0 Å². The number of ketones is 1. The van der Waals surface area contributed by atoms with Crippen LogP contribution in [0.15, 0.2) is 49.1 Å². The van der Waals surface area contributed by atoms with Crippen LogP contribution in [0.3, 0.4) is 0 Å². The first-order chi connectivity index (χ1) is 18.8. The van der Waals surface area contributed by atoms with Crippen molar-refractivity contribution in [1.82, 2.24) is 20.1 Å². The summed E-state index contributed by atoms with van der Waals surface area (Å²) in [5, 5.41) is 19.6. The molecule has 1 aromatic heterocycles. The van der Waals surface area contributed by atoms with E-state index in [1.54, 1.807) is 31.8 Å². The van der Waals surface area contributed by atoms with Gasteiger partial charge in [0.25, 0.3) is 5.91 Å². The van der Waals surface area contributed by atoms with Gasteiger partial charge >= 0.3 is 0 Å². The second-order valence-corrected chi connectivity index (χ2v) is 11.9. The van der Waals surface area contributed by atoms with Crippen LogP contribution in [0, 0.1) is 18.8 Å². The lowest BCUT2D eigenvalue weighted by Gasteiger charge is -2.35. The van der Waals surface area contributed by atoms with E-state index in [4.69, 9.17) is 46.4 Å². The number of halogens is 4. The number of nitrogens with zero attached hydrogens (tertiary/aromatic N) is 3. The van der Waals surface area contributed by atoms with E-state index in [-0.39, 0.29) is 17.6 Å². The highest BCUT2D eigenvalue weighted by Crippen LogP contribution is 2.46. The van der Waals surface area contributed by atoms with Crippen LogP contribution in [0.2, 0.25) is 15.1 Å². The zero-order valence-electron chi connectivity index (χ0n) is 22.9. The first kappa shape index (κ1) is 32.4. The van der Waals surface area contributed by atoms with E-state index >= 15 is 0 Å². The number of carbonyl (C=O) groups excluding carboxylic acids is 2. The summed E-state index contributed by atoms with van der Waals surface area (Å²) in [6.07, 6.45) is 5.95. The topological polar surface area (TPSA) is 97.1 Å². The third-order valence-corrected chi connectivity index (χ3v) is 8.95. The molecule has 7 nitrogen and oxygen atoms in total. The van der Waals surface area contributed by atoms with Gasteiger partial charge in [-0.25, -0.2) is 9.67 Å². The number of hydrogen-bond donors (Lipinski definition) is 2. The third kappa shape index (κ3) is 7.77. The second kappa shape index (κ2) is 13.7. The molecule has 3 atom stereocenters. The molecule has 1 heterocycles. The molecule has 0 saturated heterocycles. The molecule has 40 heavy (non-hydrogen) atoms. The normalized spacial score (nSPS) is 16.6. The molecule has 0 radical (unpaired) electrons. The highest BCUT2D eigenvalue weighted by Gasteiger charge is 2.44. The minimum atomic E-state index is -0.997. The number of aromatic nitrogens is 3. The predicted octanol–water partition coefficient (Wildman–Crippen LogP) is 6.87. The lowest BCUT2D eigenvalue weighted by Crippen LogP contribution is -2.52. The maximum Gasteiger partial charge on any atom is 0.252 e. The van der Waals surface area contributed by atoms with Crippen LogP contribution < -0.4 is 5.32 Å². The molecule has 0 aliphatic heterocycles. The van der Waals surface area contributed by atoms with Gasteiger partial charge in [-0.05, 0) is 80.3 Å². The lowest BCUT2D eigenvalue weighted by molar-refractivity contribution is -0.122. The summed E-state index contributed by atoms with van der Waals surface area (Å²) in [7, 11) is 0. The zero-order valence-corrected chi connectivity index (χ0v) is 25.9. The Morgan fingerprint density at radius 1 is 1.15 bits per heavy atom. The fraction of sp³-hybridized carbons (Fsp3) is 0.448. The summed E-state index contributed by atoms with van der Waals surface area (Å²) < 4.78 is 1.69. The van der Waals surface area contributed by atoms with Gasteiger partial charge in [-0.2, -0.15) is 5.10 Å². The maximum atomic E-state index is 12.2. The molecule has 2 aromatic carbocycles. The van der Waals surface area contributed by atoms with Crippen molar-refractivity contribution in [2.45, 2.75) is 64.6 Å². The number of rotatable bonds is 10. The number of Topliss-reactive ketones (excluding diaryl/α,β-unsaturated/α-hetero) is 1. The molecular weight excluding hydrogens is 594 g/mol. The van der Waals surface area contributed by atoms with Gasteiger partial charge in [0.05, 0.1) is 18.0 Å². The van der Waals surface area contributed by atoms with Crippen LogP contribution in [0.4, 0.5) is 0 Å². The van der Waals surface area contributed by atoms with Gasteiger partial charge in [0.15, 0.2) is 5.78 Å². The van der Waals surface area contributed by atoms with Crippen LogP contribution in [-0.4, -0.2) is 43.0 Å². The number of hydrogen-bond acceptors (Lipinski definition) is 5. The number of nitrogens with one attached hydrogen (secondary N) is 1. The van der Waals surface area contributed by atoms with E-state index in [9.17, 15) is 14.7 Å². The van der Waals surface area contributed by atoms with Gasteiger partial charge in [-0.15, -0.1) is 11.6 Å². The molecule has 1 fully saturated rings. The van der Waals surface area contributed by atoms with E-state index in [0.717, 1.165) is 5.56 Å². The van der Waals surface area contributed by atoms with Crippen molar-refractivity contribution in [2.24, 2.45) is 11.8 Å². The fourth-order valence-electron chi connectivity index (χ4n) is 4.39. The Kier molecular flexibility index (Phi) is 11.1. The molecule has 2 N–H and O–H groups in total. The number of carbonyl (C=O) groups is 2. The van der Waals surface area contributed by atoms with Crippen molar-refractivity contribution in [3.05, 3.63) is 80.8 Å². The predicted molar refractivity (Wildman–Crippen MR) is 160 cm³/mol. The molecule has 1 aliphatic rings. The average molecular weight is 628 g/mol. The van der Waals surface area contributed by atoms with Crippen LogP contribution in [-0.2, 0) is 16.9 Å².